The van der Waals surface area contributed by atoms with Crippen molar-refractivity contribution in [1.82, 2.24) is 0 Å². The normalized spacial score (nSPS) is 11.6. The standard InChI is InChI=1S/C25H25.C21H17.2ClH.Zr/c1-3-9-18(4-2)21-16-20-12-8-15-24(25(20)17-21)23-14-7-11-19-10-5-6-13-22(19)23;1-14-12-20-15(2)10-11-19(21(20)13-14)18-9-5-7-16-6-3-4-8-17(16)18;;;/h5-8,10-18H,3-4,9H2,1-2H3;3-13H,1-2H3;2*1H;/q2*-1;;;+4/p-2. The number of aryl methyl sites for hydroxylation is 2. The molecule has 1 unspecified atom stereocenters. The zero-order valence-corrected chi connectivity index (χ0v) is 32.7. The zero-order chi connectivity index (χ0) is 34.3. The van der Waals surface area contributed by atoms with Crippen molar-refractivity contribution in [2.24, 2.45) is 0 Å². The fraction of sp³-hybridized carbons (Fsp3) is 0.174. The molecule has 244 valence electrons. The second-order valence-electron chi connectivity index (χ2n) is 12.9. The number of hydrogen-bond donors (Lipinski definition) is 0. The van der Waals surface area contributed by atoms with Gasteiger partial charge in [0.1, 0.15) is 0 Å². The van der Waals surface area contributed by atoms with Gasteiger partial charge < -0.3 is 0 Å². The van der Waals surface area contributed by atoms with Crippen molar-refractivity contribution < 1.29 is 20.8 Å². The summed E-state index contributed by atoms with van der Waals surface area (Å²) in [5, 5.41) is 10.8. The number of benzene rings is 6. The Balaban J connectivity index is 0.000000159. The summed E-state index contributed by atoms with van der Waals surface area (Å²) in [5.74, 6) is 0.678. The van der Waals surface area contributed by atoms with Crippen LogP contribution in [0, 0.1) is 13.8 Å². The third-order valence-corrected chi connectivity index (χ3v) is 9.78. The first kappa shape index (κ1) is 35.4. The summed E-state index contributed by atoms with van der Waals surface area (Å²) in [7, 11) is 9.87. The van der Waals surface area contributed by atoms with Gasteiger partial charge in [-0.1, -0.05) is 149 Å². The van der Waals surface area contributed by atoms with Crippen LogP contribution in [0.1, 0.15) is 55.7 Å². The summed E-state index contributed by atoms with van der Waals surface area (Å²) in [6, 6.07) is 51.2. The Bertz CT molecular complexity index is 2310. The molecule has 3 heteroatoms. The fourth-order valence-electron chi connectivity index (χ4n) is 7.43. The molecule has 49 heavy (non-hydrogen) atoms. The van der Waals surface area contributed by atoms with E-state index in [-0.39, 0.29) is 0 Å². The monoisotopic (exact) mass is 754 g/mol. The van der Waals surface area contributed by atoms with Gasteiger partial charge in [-0.25, -0.2) is 0 Å². The molecule has 0 spiro atoms. The fourth-order valence-corrected chi connectivity index (χ4v) is 7.43. The van der Waals surface area contributed by atoms with E-state index in [1.165, 1.54) is 101 Å². The first-order chi connectivity index (χ1) is 24.0. The number of halogens is 2. The Kier molecular flexibility index (Phi) is 11.9. The molecule has 0 heterocycles. The molecule has 0 aliphatic rings. The van der Waals surface area contributed by atoms with Crippen molar-refractivity contribution in [1.29, 1.82) is 0 Å². The average molecular weight is 757 g/mol. The summed E-state index contributed by atoms with van der Waals surface area (Å²) in [5.41, 5.74) is 9.54. The molecule has 8 rings (SSSR count). The van der Waals surface area contributed by atoms with Crippen molar-refractivity contribution in [3.63, 3.8) is 0 Å². The molecule has 0 fully saturated rings. The van der Waals surface area contributed by atoms with Gasteiger partial charge in [-0.3, -0.25) is 0 Å². The van der Waals surface area contributed by atoms with Crippen LogP contribution in [0.5, 0.6) is 0 Å². The molecule has 0 saturated carbocycles. The zero-order valence-electron chi connectivity index (χ0n) is 28.7. The molecular formula is C46H42Cl2Zr. The molecule has 8 aromatic carbocycles. The average Bonchev–Trinajstić information content (AvgIpc) is 3.75. The molecule has 0 N–H and O–H groups in total. The third kappa shape index (κ3) is 7.66. The van der Waals surface area contributed by atoms with Crippen LogP contribution in [-0.4, -0.2) is 0 Å². The van der Waals surface area contributed by atoms with E-state index in [2.05, 4.69) is 167 Å². The molecule has 0 amide bonds. The van der Waals surface area contributed by atoms with E-state index in [0.29, 0.717) is 5.92 Å². The second kappa shape index (κ2) is 16.5. The van der Waals surface area contributed by atoms with Crippen LogP contribution >= 0.6 is 17.0 Å². The van der Waals surface area contributed by atoms with Gasteiger partial charge in [0.2, 0.25) is 0 Å². The molecule has 0 aromatic heterocycles. The maximum absolute atomic E-state index is 4.93. The van der Waals surface area contributed by atoms with Crippen LogP contribution in [-0.2, 0) is 20.8 Å². The molecule has 0 aliphatic heterocycles. The van der Waals surface area contributed by atoms with Crippen LogP contribution in [0.15, 0.2) is 140 Å². The first-order valence-corrected chi connectivity index (χ1v) is 23.6. The summed E-state index contributed by atoms with van der Waals surface area (Å²) < 4.78 is 0. The first-order valence-electron chi connectivity index (χ1n) is 17.3. The van der Waals surface area contributed by atoms with Crippen molar-refractivity contribution >= 4 is 60.1 Å². The SMILES string of the molecule is CCCC(CC)c1cc2c(-c3cccc4ccccc34)cccc2[cH-]1.Cc1cc2c(-c3cccc4ccccc34)ccc(C)c2[cH-]1.[Cl][Zr+2][Cl]. The van der Waals surface area contributed by atoms with E-state index in [1.807, 2.05) is 0 Å². The van der Waals surface area contributed by atoms with Crippen molar-refractivity contribution in [2.45, 2.75) is 52.9 Å². The van der Waals surface area contributed by atoms with Gasteiger partial charge >= 0.3 is 37.9 Å². The van der Waals surface area contributed by atoms with Gasteiger partial charge in [-0.2, -0.15) is 12.1 Å². The summed E-state index contributed by atoms with van der Waals surface area (Å²) in [6.45, 7) is 8.96. The summed E-state index contributed by atoms with van der Waals surface area (Å²) in [6.07, 6.45) is 3.74. The van der Waals surface area contributed by atoms with E-state index in [4.69, 9.17) is 17.0 Å². The van der Waals surface area contributed by atoms with E-state index in [9.17, 15) is 0 Å². The summed E-state index contributed by atoms with van der Waals surface area (Å²) >= 11 is -0.826. The predicted octanol–water partition coefficient (Wildman–Crippen LogP) is 15.0. The van der Waals surface area contributed by atoms with Crippen LogP contribution in [0.25, 0.3) is 65.3 Å². The molecule has 8 aromatic rings. The number of rotatable bonds is 6. The maximum atomic E-state index is 4.93. The van der Waals surface area contributed by atoms with Crippen molar-refractivity contribution in [3.8, 4) is 22.3 Å². The molecular weight excluding hydrogens is 715 g/mol. The minimum absolute atomic E-state index is 0.678. The summed E-state index contributed by atoms with van der Waals surface area (Å²) in [4.78, 5) is 0. The predicted molar refractivity (Wildman–Crippen MR) is 214 cm³/mol. The van der Waals surface area contributed by atoms with Crippen LogP contribution in [0.3, 0.4) is 0 Å². The van der Waals surface area contributed by atoms with Gasteiger partial charge in [-0.15, -0.1) is 68.6 Å². The van der Waals surface area contributed by atoms with Crippen molar-refractivity contribution in [3.05, 3.63) is 156 Å². The van der Waals surface area contributed by atoms with E-state index < -0.39 is 20.8 Å². The molecule has 0 saturated heterocycles. The second-order valence-corrected chi connectivity index (χ2v) is 16.6. The number of fused-ring (bicyclic) bond motifs is 4. The Morgan fingerprint density at radius 2 is 1.10 bits per heavy atom. The molecule has 0 radical (unpaired) electrons. The Labute approximate surface area is 310 Å². The Morgan fingerprint density at radius 1 is 0.571 bits per heavy atom. The van der Waals surface area contributed by atoms with Crippen LogP contribution in [0.4, 0.5) is 0 Å². The van der Waals surface area contributed by atoms with Crippen molar-refractivity contribution in [2.75, 3.05) is 0 Å². The molecule has 0 aliphatic carbocycles. The topological polar surface area (TPSA) is 0 Å². The van der Waals surface area contributed by atoms with E-state index in [0.717, 1.165) is 0 Å². The van der Waals surface area contributed by atoms with Crippen LogP contribution < -0.4 is 0 Å². The van der Waals surface area contributed by atoms with Gasteiger partial charge in [0.15, 0.2) is 0 Å². The van der Waals surface area contributed by atoms with Gasteiger partial charge in [0.25, 0.3) is 0 Å². The third-order valence-electron chi connectivity index (χ3n) is 9.78. The van der Waals surface area contributed by atoms with E-state index >= 15 is 0 Å². The molecule has 1 atom stereocenters. The Morgan fingerprint density at radius 3 is 1.69 bits per heavy atom. The van der Waals surface area contributed by atoms with E-state index in [1.54, 1.807) is 0 Å². The van der Waals surface area contributed by atoms with Gasteiger partial charge in [0, 0.05) is 0 Å². The molecule has 0 nitrogen and oxygen atoms in total. The minimum atomic E-state index is -0.826. The quantitative estimate of drug-likeness (QED) is 0.148. The van der Waals surface area contributed by atoms with Gasteiger partial charge in [-0.05, 0) is 45.0 Å². The number of hydrogen-bond acceptors (Lipinski definition) is 0. The molecule has 0 bridgehead atoms. The van der Waals surface area contributed by atoms with Crippen LogP contribution in [0.2, 0.25) is 0 Å². The Hall–Kier alpha value is -3.48. The van der Waals surface area contributed by atoms with Gasteiger partial charge in [0.05, 0.1) is 0 Å².